The second-order valence-corrected chi connectivity index (χ2v) is 9.00. The van der Waals surface area contributed by atoms with Crippen LogP contribution in [-0.4, -0.2) is 57.8 Å². The minimum Gasteiger partial charge on any atom is -0.486 e. The van der Waals surface area contributed by atoms with E-state index in [9.17, 15) is 13.2 Å². The number of nitrogens with two attached hydrogens (primary N) is 1. The summed E-state index contributed by atoms with van der Waals surface area (Å²) in [6.07, 6.45) is 0.624. The lowest BCUT2D eigenvalue weighted by atomic mass is 10.0. The van der Waals surface area contributed by atoms with Crippen molar-refractivity contribution in [2.75, 3.05) is 32.6 Å². The Balaban J connectivity index is 1.92. The molecule has 1 aliphatic heterocycles. The average Bonchev–Trinajstić information content (AvgIpc) is 2.63. The summed E-state index contributed by atoms with van der Waals surface area (Å²) >= 11 is 0. The molecule has 0 bridgehead atoms. The molecule has 0 fully saturated rings. The second kappa shape index (κ2) is 8.73. The average molecular weight is 384 g/mol. The van der Waals surface area contributed by atoms with Gasteiger partial charge in [0.15, 0.2) is 21.3 Å². The molecule has 1 amide bonds. The molecule has 1 aromatic carbocycles. The summed E-state index contributed by atoms with van der Waals surface area (Å²) in [5, 5.41) is 0. The van der Waals surface area contributed by atoms with Gasteiger partial charge in [-0.2, -0.15) is 0 Å². The number of hydrogen-bond donors (Lipinski definition) is 1. The molecule has 26 heavy (non-hydrogen) atoms. The number of carbonyl (C=O) groups excluding carboxylic acids is 1. The Labute approximate surface area is 155 Å². The zero-order chi connectivity index (χ0) is 19.3. The van der Waals surface area contributed by atoms with Crippen molar-refractivity contribution in [3.05, 3.63) is 18.2 Å². The first-order chi connectivity index (χ1) is 12.2. The molecule has 0 radical (unpaired) electrons. The molecule has 1 aromatic rings. The summed E-state index contributed by atoms with van der Waals surface area (Å²) < 4.78 is 35.8. The van der Waals surface area contributed by atoms with E-state index in [0.717, 1.165) is 0 Å². The number of amides is 1. The molecule has 2 N–H and O–H groups in total. The Morgan fingerprint density at radius 3 is 2.54 bits per heavy atom. The third-order valence-electron chi connectivity index (χ3n) is 4.54. The molecule has 1 atom stereocenters. The lowest BCUT2D eigenvalue weighted by molar-refractivity contribution is -0.129. The first kappa shape index (κ1) is 20.5. The molecule has 8 heteroatoms. The maximum Gasteiger partial charge on any atom is 0.223 e. The van der Waals surface area contributed by atoms with Crippen LogP contribution >= 0.6 is 0 Å². The highest BCUT2D eigenvalue weighted by Crippen LogP contribution is 2.32. The SMILES string of the molecule is CC(C)C(N)CCN(C)C(=O)CCS(=O)(=O)c1ccc2c(c1)OCCO2. The lowest BCUT2D eigenvalue weighted by Crippen LogP contribution is -2.35. The minimum absolute atomic E-state index is 0.0201. The Kier molecular flexibility index (Phi) is 6.88. The van der Waals surface area contributed by atoms with Gasteiger partial charge in [-0.05, 0) is 24.5 Å². The minimum atomic E-state index is -3.57. The summed E-state index contributed by atoms with van der Waals surface area (Å²) in [5.41, 5.74) is 5.98. The number of hydrogen-bond acceptors (Lipinski definition) is 6. The van der Waals surface area contributed by atoms with Gasteiger partial charge < -0.3 is 20.1 Å². The first-order valence-corrected chi connectivity index (χ1v) is 10.5. The van der Waals surface area contributed by atoms with E-state index in [0.29, 0.717) is 43.6 Å². The van der Waals surface area contributed by atoms with Crippen molar-refractivity contribution in [2.24, 2.45) is 11.7 Å². The largest absolute Gasteiger partial charge is 0.486 e. The van der Waals surface area contributed by atoms with Gasteiger partial charge in [-0.1, -0.05) is 13.8 Å². The predicted molar refractivity (Wildman–Crippen MR) is 99.2 cm³/mol. The third-order valence-corrected chi connectivity index (χ3v) is 6.25. The van der Waals surface area contributed by atoms with E-state index >= 15 is 0 Å². The van der Waals surface area contributed by atoms with Crippen LogP contribution in [0.1, 0.15) is 26.7 Å². The Morgan fingerprint density at radius 2 is 1.88 bits per heavy atom. The van der Waals surface area contributed by atoms with Gasteiger partial charge in [-0.15, -0.1) is 0 Å². The van der Waals surface area contributed by atoms with Crippen LogP contribution in [0.2, 0.25) is 0 Å². The van der Waals surface area contributed by atoms with Crippen molar-refractivity contribution in [2.45, 2.75) is 37.6 Å². The Hall–Kier alpha value is -1.80. The molecule has 1 heterocycles. The van der Waals surface area contributed by atoms with Crippen LogP contribution in [0.3, 0.4) is 0 Å². The fraction of sp³-hybridized carbons (Fsp3) is 0.611. The Bertz CT molecular complexity index is 733. The molecule has 0 saturated carbocycles. The molecule has 1 aliphatic rings. The number of rotatable bonds is 8. The van der Waals surface area contributed by atoms with Crippen LogP contribution in [0.5, 0.6) is 11.5 Å². The molecule has 7 nitrogen and oxygen atoms in total. The van der Waals surface area contributed by atoms with Gasteiger partial charge in [-0.25, -0.2) is 8.42 Å². The van der Waals surface area contributed by atoms with Crippen LogP contribution in [0, 0.1) is 5.92 Å². The normalized spacial score (nSPS) is 15.0. The zero-order valence-corrected chi connectivity index (χ0v) is 16.4. The van der Waals surface area contributed by atoms with Gasteiger partial charge >= 0.3 is 0 Å². The van der Waals surface area contributed by atoms with Gasteiger partial charge in [0, 0.05) is 32.1 Å². The van der Waals surface area contributed by atoms with Crippen molar-refractivity contribution < 1.29 is 22.7 Å². The van der Waals surface area contributed by atoms with Crippen molar-refractivity contribution >= 4 is 15.7 Å². The van der Waals surface area contributed by atoms with Crippen LogP contribution in [0.25, 0.3) is 0 Å². The fourth-order valence-electron chi connectivity index (χ4n) is 2.55. The molecular formula is C18H28N2O5S. The predicted octanol–water partition coefficient (Wildman–Crippen LogP) is 1.45. The van der Waals surface area contributed by atoms with Crippen molar-refractivity contribution in [3.63, 3.8) is 0 Å². The molecule has 1 unspecified atom stereocenters. The number of carbonyl (C=O) groups is 1. The van der Waals surface area contributed by atoms with E-state index in [2.05, 4.69) is 0 Å². The summed E-state index contributed by atoms with van der Waals surface area (Å²) in [5.74, 6) is 0.846. The van der Waals surface area contributed by atoms with Crippen LogP contribution < -0.4 is 15.2 Å². The Morgan fingerprint density at radius 1 is 1.23 bits per heavy atom. The number of nitrogens with zero attached hydrogens (tertiary/aromatic N) is 1. The van der Waals surface area contributed by atoms with E-state index in [4.69, 9.17) is 15.2 Å². The molecular weight excluding hydrogens is 356 g/mol. The van der Waals surface area contributed by atoms with Gasteiger partial charge in [0.1, 0.15) is 13.2 Å². The van der Waals surface area contributed by atoms with Crippen LogP contribution in [-0.2, 0) is 14.6 Å². The summed E-state index contributed by atoms with van der Waals surface area (Å²) in [7, 11) is -1.90. The number of sulfone groups is 1. The van der Waals surface area contributed by atoms with Crippen molar-refractivity contribution in [1.82, 2.24) is 4.90 Å². The van der Waals surface area contributed by atoms with Crippen LogP contribution in [0.4, 0.5) is 0 Å². The topological polar surface area (TPSA) is 98.9 Å². The van der Waals surface area contributed by atoms with E-state index in [1.165, 1.54) is 12.1 Å². The summed E-state index contributed by atoms with van der Waals surface area (Å²) in [6.45, 7) is 5.42. The summed E-state index contributed by atoms with van der Waals surface area (Å²) in [6, 6.07) is 4.55. The summed E-state index contributed by atoms with van der Waals surface area (Å²) in [4.78, 5) is 13.9. The van der Waals surface area contributed by atoms with Gasteiger partial charge in [0.2, 0.25) is 5.91 Å². The number of fused-ring (bicyclic) bond motifs is 1. The molecule has 0 saturated heterocycles. The van der Waals surface area contributed by atoms with Crippen molar-refractivity contribution in [1.29, 1.82) is 0 Å². The number of ether oxygens (including phenoxy) is 2. The smallest absolute Gasteiger partial charge is 0.223 e. The molecule has 0 spiro atoms. The molecule has 2 rings (SSSR count). The maximum absolute atomic E-state index is 12.5. The monoisotopic (exact) mass is 384 g/mol. The highest BCUT2D eigenvalue weighted by molar-refractivity contribution is 7.91. The molecule has 0 aromatic heterocycles. The highest BCUT2D eigenvalue weighted by atomic mass is 32.2. The van der Waals surface area contributed by atoms with Gasteiger partial charge in [0.05, 0.1) is 10.6 Å². The van der Waals surface area contributed by atoms with Gasteiger partial charge in [0.25, 0.3) is 0 Å². The maximum atomic E-state index is 12.5. The van der Waals surface area contributed by atoms with E-state index in [-0.39, 0.29) is 29.0 Å². The van der Waals surface area contributed by atoms with Crippen LogP contribution in [0.15, 0.2) is 23.1 Å². The first-order valence-electron chi connectivity index (χ1n) is 8.82. The van der Waals surface area contributed by atoms with Gasteiger partial charge in [-0.3, -0.25) is 4.79 Å². The third kappa shape index (κ3) is 5.35. The second-order valence-electron chi connectivity index (χ2n) is 6.89. The molecule has 146 valence electrons. The standard InChI is InChI=1S/C18H28N2O5S/c1-13(2)15(19)6-8-20(3)18(21)7-11-26(22,23)14-4-5-16-17(12-14)25-10-9-24-16/h4-5,12-13,15H,6-11,19H2,1-3H3. The number of benzene rings is 1. The van der Waals surface area contributed by atoms with Crippen molar-refractivity contribution in [3.8, 4) is 11.5 Å². The lowest BCUT2D eigenvalue weighted by Gasteiger charge is -2.21. The quantitative estimate of drug-likeness (QED) is 0.728. The fourth-order valence-corrected chi connectivity index (χ4v) is 3.79. The zero-order valence-electron chi connectivity index (χ0n) is 15.6. The highest BCUT2D eigenvalue weighted by Gasteiger charge is 2.22. The van der Waals surface area contributed by atoms with E-state index < -0.39 is 9.84 Å². The van der Waals surface area contributed by atoms with E-state index in [1.807, 2.05) is 13.8 Å². The van der Waals surface area contributed by atoms with E-state index in [1.54, 1.807) is 18.0 Å². The molecule has 0 aliphatic carbocycles.